The topological polar surface area (TPSA) is 34.9 Å². The van der Waals surface area contributed by atoms with Gasteiger partial charge in [0.25, 0.3) is 5.56 Å². The van der Waals surface area contributed by atoms with Gasteiger partial charge < -0.3 is 0 Å². The Balaban J connectivity index is 1.71. The molecule has 1 atom stereocenters. The van der Waals surface area contributed by atoms with E-state index in [0.717, 1.165) is 28.6 Å². The molecule has 1 aromatic carbocycles. The van der Waals surface area contributed by atoms with Gasteiger partial charge in [-0.3, -0.25) is 9.36 Å². The molecular weight excluding hydrogens is 328 g/mol. The molecule has 0 fully saturated rings. The van der Waals surface area contributed by atoms with Crippen LogP contribution in [0.3, 0.4) is 0 Å². The zero-order chi connectivity index (χ0) is 17.6. The highest BCUT2D eigenvalue weighted by Crippen LogP contribution is 2.35. The van der Waals surface area contributed by atoms with Gasteiger partial charge in [-0.1, -0.05) is 45.0 Å². The van der Waals surface area contributed by atoms with Crippen molar-refractivity contribution < 1.29 is 0 Å². The number of aromatic nitrogens is 2. The predicted octanol–water partition coefficient (Wildman–Crippen LogP) is 4.75. The normalized spacial score (nSPS) is 17.2. The monoisotopic (exact) mass is 352 g/mol. The van der Waals surface area contributed by atoms with Crippen LogP contribution in [-0.2, 0) is 19.4 Å². The van der Waals surface area contributed by atoms with Crippen LogP contribution in [0.1, 0.15) is 54.7 Å². The molecular formula is C21H24N2OS. The summed E-state index contributed by atoms with van der Waals surface area (Å²) in [4.78, 5) is 19.9. The maximum absolute atomic E-state index is 13.1. The second-order valence-electron chi connectivity index (χ2n) is 7.61. The van der Waals surface area contributed by atoms with Gasteiger partial charge in [-0.25, -0.2) is 4.98 Å². The van der Waals surface area contributed by atoms with E-state index in [0.29, 0.717) is 18.4 Å². The van der Waals surface area contributed by atoms with E-state index in [1.807, 2.05) is 0 Å². The minimum atomic E-state index is 0.116. The van der Waals surface area contributed by atoms with Crippen molar-refractivity contribution in [2.75, 3.05) is 0 Å². The molecule has 0 N–H and O–H groups in total. The Morgan fingerprint density at radius 1 is 1.28 bits per heavy atom. The molecule has 1 aliphatic rings. The van der Waals surface area contributed by atoms with Crippen molar-refractivity contribution in [2.45, 2.75) is 52.5 Å². The Bertz CT molecular complexity index is 966. The van der Waals surface area contributed by atoms with Gasteiger partial charge in [0.05, 0.1) is 18.3 Å². The number of hydrogen-bond acceptors (Lipinski definition) is 3. The van der Waals surface area contributed by atoms with Crippen LogP contribution in [0.4, 0.5) is 0 Å². The van der Waals surface area contributed by atoms with Crippen molar-refractivity contribution in [2.24, 2.45) is 5.92 Å². The van der Waals surface area contributed by atoms with Crippen molar-refractivity contribution in [1.29, 1.82) is 0 Å². The molecule has 0 spiro atoms. The Morgan fingerprint density at radius 3 is 2.76 bits per heavy atom. The Kier molecular flexibility index (Phi) is 4.24. The predicted molar refractivity (Wildman–Crippen MR) is 105 cm³/mol. The summed E-state index contributed by atoms with van der Waals surface area (Å²) in [6.45, 7) is 7.26. The van der Waals surface area contributed by atoms with E-state index in [9.17, 15) is 4.79 Å². The van der Waals surface area contributed by atoms with Crippen molar-refractivity contribution in [3.63, 3.8) is 0 Å². The van der Waals surface area contributed by atoms with E-state index >= 15 is 0 Å². The van der Waals surface area contributed by atoms with E-state index in [1.165, 1.54) is 22.4 Å². The second kappa shape index (κ2) is 6.41. The summed E-state index contributed by atoms with van der Waals surface area (Å²) in [7, 11) is 0. The summed E-state index contributed by atoms with van der Waals surface area (Å²) >= 11 is 1.71. The molecule has 3 nitrogen and oxygen atoms in total. The fraction of sp³-hybridized carbons (Fsp3) is 0.429. The summed E-state index contributed by atoms with van der Waals surface area (Å²) in [6.07, 6.45) is 4.99. The first-order chi connectivity index (χ1) is 12.0. The minimum Gasteiger partial charge on any atom is -0.294 e. The molecule has 25 heavy (non-hydrogen) atoms. The van der Waals surface area contributed by atoms with Gasteiger partial charge >= 0.3 is 0 Å². The van der Waals surface area contributed by atoms with Crippen LogP contribution in [0.15, 0.2) is 35.4 Å². The first kappa shape index (κ1) is 16.5. The van der Waals surface area contributed by atoms with Gasteiger partial charge in [0, 0.05) is 4.88 Å². The maximum Gasteiger partial charge on any atom is 0.262 e. The average molecular weight is 353 g/mol. The van der Waals surface area contributed by atoms with Crippen LogP contribution in [0.5, 0.6) is 0 Å². The van der Waals surface area contributed by atoms with Gasteiger partial charge in [-0.2, -0.15) is 0 Å². The number of benzene rings is 1. The molecule has 4 rings (SSSR count). The molecule has 1 unspecified atom stereocenters. The van der Waals surface area contributed by atoms with Crippen LogP contribution < -0.4 is 5.56 Å². The third-order valence-corrected chi connectivity index (χ3v) is 6.44. The number of rotatable bonds is 3. The van der Waals surface area contributed by atoms with E-state index in [2.05, 4.69) is 50.0 Å². The molecule has 0 bridgehead atoms. The molecule has 2 aromatic heterocycles. The van der Waals surface area contributed by atoms with Crippen molar-refractivity contribution in [1.82, 2.24) is 9.55 Å². The molecule has 0 aliphatic heterocycles. The molecule has 1 aliphatic carbocycles. The largest absolute Gasteiger partial charge is 0.294 e. The lowest BCUT2D eigenvalue weighted by Crippen LogP contribution is -2.22. The highest BCUT2D eigenvalue weighted by Gasteiger charge is 2.23. The molecule has 2 heterocycles. The third-order valence-electron chi connectivity index (χ3n) is 5.28. The number of fused-ring (bicyclic) bond motifs is 3. The number of aryl methyl sites for hydroxylation is 1. The Labute approximate surface area is 152 Å². The Hall–Kier alpha value is -1.94. The highest BCUT2D eigenvalue weighted by molar-refractivity contribution is 7.18. The van der Waals surface area contributed by atoms with Gasteiger partial charge in [0.15, 0.2) is 0 Å². The lowest BCUT2D eigenvalue weighted by atomic mass is 9.89. The quantitative estimate of drug-likeness (QED) is 0.681. The van der Waals surface area contributed by atoms with E-state index in [1.54, 1.807) is 22.2 Å². The standard InChI is InChI=1S/C21H24N2OS/c1-13(2)16-7-5-15(6-8-16)11-23-12-22-20-19(21(23)24)17-9-4-14(3)10-18(17)25-20/h5-8,12-14H,4,9-11H2,1-3H3. The van der Waals surface area contributed by atoms with Gasteiger partial charge in [0.2, 0.25) is 0 Å². The molecule has 130 valence electrons. The maximum atomic E-state index is 13.1. The van der Waals surface area contributed by atoms with Gasteiger partial charge in [0.1, 0.15) is 4.83 Å². The van der Waals surface area contributed by atoms with Crippen molar-refractivity contribution in [3.8, 4) is 0 Å². The zero-order valence-electron chi connectivity index (χ0n) is 15.1. The SMILES string of the molecule is CC1CCc2c(sc3ncn(Cc4ccc(C(C)C)cc4)c(=O)c23)C1. The zero-order valence-corrected chi connectivity index (χ0v) is 15.9. The summed E-state index contributed by atoms with van der Waals surface area (Å²) in [5.41, 5.74) is 3.85. The number of hydrogen-bond donors (Lipinski definition) is 0. The van der Waals surface area contributed by atoms with Gasteiger partial charge in [-0.05, 0) is 47.8 Å². The summed E-state index contributed by atoms with van der Waals surface area (Å²) in [6, 6.07) is 8.56. The average Bonchev–Trinajstić information content (AvgIpc) is 2.96. The van der Waals surface area contributed by atoms with Crippen LogP contribution in [-0.4, -0.2) is 9.55 Å². The van der Waals surface area contributed by atoms with E-state index < -0.39 is 0 Å². The first-order valence-corrected chi connectivity index (χ1v) is 9.93. The molecule has 4 heteroatoms. The van der Waals surface area contributed by atoms with Crippen molar-refractivity contribution in [3.05, 3.63) is 62.5 Å². The summed E-state index contributed by atoms with van der Waals surface area (Å²) in [5.74, 6) is 1.23. The highest BCUT2D eigenvalue weighted by atomic mass is 32.1. The van der Waals surface area contributed by atoms with E-state index in [-0.39, 0.29) is 5.56 Å². The number of nitrogens with zero attached hydrogens (tertiary/aromatic N) is 2. The van der Waals surface area contributed by atoms with Crippen LogP contribution in [0, 0.1) is 5.92 Å². The minimum absolute atomic E-state index is 0.116. The number of thiophene rings is 1. The summed E-state index contributed by atoms with van der Waals surface area (Å²) < 4.78 is 1.76. The summed E-state index contributed by atoms with van der Waals surface area (Å²) in [5, 5.41) is 0.869. The smallest absolute Gasteiger partial charge is 0.262 e. The van der Waals surface area contributed by atoms with Crippen LogP contribution in [0.25, 0.3) is 10.2 Å². The fourth-order valence-electron chi connectivity index (χ4n) is 3.68. The molecule has 0 saturated carbocycles. The molecule has 3 aromatic rings. The lowest BCUT2D eigenvalue weighted by Gasteiger charge is -2.17. The van der Waals surface area contributed by atoms with Crippen LogP contribution >= 0.6 is 11.3 Å². The molecule has 0 amide bonds. The third kappa shape index (κ3) is 3.04. The second-order valence-corrected chi connectivity index (χ2v) is 8.69. The van der Waals surface area contributed by atoms with E-state index in [4.69, 9.17) is 0 Å². The van der Waals surface area contributed by atoms with Gasteiger partial charge in [-0.15, -0.1) is 11.3 Å². The van der Waals surface area contributed by atoms with Crippen LogP contribution in [0.2, 0.25) is 0 Å². The fourth-order valence-corrected chi connectivity index (χ4v) is 5.02. The van der Waals surface area contributed by atoms with Crippen molar-refractivity contribution >= 4 is 21.6 Å². The Morgan fingerprint density at radius 2 is 2.04 bits per heavy atom. The molecule has 0 radical (unpaired) electrons. The first-order valence-electron chi connectivity index (χ1n) is 9.11. The lowest BCUT2D eigenvalue weighted by molar-refractivity contribution is 0.509. The molecule has 0 saturated heterocycles.